The van der Waals surface area contributed by atoms with Gasteiger partial charge in [-0.1, -0.05) is 18.2 Å². The molecular formula is C18H23NO2. The van der Waals surface area contributed by atoms with Crippen molar-refractivity contribution in [2.75, 3.05) is 13.7 Å². The normalized spacial score (nSPS) is 22.4. The smallest absolute Gasteiger partial charge is 0.119 e. The number of rotatable bonds is 4. The monoisotopic (exact) mass is 285 g/mol. The van der Waals surface area contributed by atoms with E-state index in [-0.39, 0.29) is 0 Å². The lowest BCUT2D eigenvalue weighted by atomic mass is 10.0. The van der Waals surface area contributed by atoms with Crippen molar-refractivity contribution in [3.8, 4) is 5.75 Å². The minimum Gasteiger partial charge on any atom is -0.497 e. The number of hydrogen-bond acceptors (Lipinski definition) is 3. The van der Waals surface area contributed by atoms with Gasteiger partial charge in [0.2, 0.25) is 0 Å². The summed E-state index contributed by atoms with van der Waals surface area (Å²) in [6.45, 7) is 3.94. The van der Waals surface area contributed by atoms with Crippen molar-refractivity contribution in [2.45, 2.75) is 38.5 Å². The molecule has 0 radical (unpaired) electrons. The standard InChI is InChI=1S/C18H23NO2/c1-13-9-17(7-8-21-13)19-12-14-3-4-16-11-18(20-2)6-5-15(16)10-14/h3-6,10-11,13,17,19H,7-9,12H2,1-2H3. The van der Waals surface area contributed by atoms with E-state index in [1.54, 1.807) is 7.11 Å². The van der Waals surface area contributed by atoms with Gasteiger partial charge < -0.3 is 14.8 Å². The number of benzene rings is 2. The maximum absolute atomic E-state index is 5.59. The van der Waals surface area contributed by atoms with Crippen molar-refractivity contribution in [3.63, 3.8) is 0 Å². The Bertz CT molecular complexity index is 611. The third-order valence-corrected chi connectivity index (χ3v) is 4.19. The topological polar surface area (TPSA) is 30.5 Å². The first-order valence-electron chi connectivity index (χ1n) is 7.66. The molecule has 2 atom stereocenters. The first-order chi connectivity index (χ1) is 10.2. The summed E-state index contributed by atoms with van der Waals surface area (Å²) in [6.07, 6.45) is 2.58. The molecule has 3 heteroatoms. The van der Waals surface area contributed by atoms with E-state index in [2.05, 4.69) is 42.6 Å². The van der Waals surface area contributed by atoms with Crippen LogP contribution in [0.5, 0.6) is 5.75 Å². The number of nitrogens with one attached hydrogen (secondary N) is 1. The minimum absolute atomic E-state index is 0.375. The van der Waals surface area contributed by atoms with Crippen LogP contribution in [-0.4, -0.2) is 25.9 Å². The van der Waals surface area contributed by atoms with Crippen molar-refractivity contribution in [1.29, 1.82) is 0 Å². The molecule has 112 valence electrons. The Hall–Kier alpha value is -1.58. The molecule has 1 heterocycles. The molecule has 21 heavy (non-hydrogen) atoms. The molecule has 0 amide bonds. The Morgan fingerprint density at radius 2 is 2.00 bits per heavy atom. The van der Waals surface area contributed by atoms with Crippen LogP contribution in [-0.2, 0) is 11.3 Å². The van der Waals surface area contributed by atoms with Crippen molar-refractivity contribution in [1.82, 2.24) is 5.32 Å². The first-order valence-corrected chi connectivity index (χ1v) is 7.66. The van der Waals surface area contributed by atoms with Gasteiger partial charge in [0, 0.05) is 19.2 Å². The Labute approximate surface area is 126 Å². The van der Waals surface area contributed by atoms with Crippen LogP contribution in [0.3, 0.4) is 0 Å². The lowest BCUT2D eigenvalue weighted by Gasteiger charge is -2.28. The molecule has 0 aliphatic carbocycles. The summed E-state index contributed by atoms with van der Waals surface area (Å²) in [6, 6.07) is 13.4. The summed E-state index contributed by atoms with van der Waals surface area (Å²) in [5.41, 5.74) is 1.33. The minimum atomic E-state index is 0.375. The molecule has 1 saturated heterocycles. The summed E-state index contributed by atoms with van der Waals surface area (Å²) in [4.78, 5) is 0. The van der Waals surface area contributed by atoms with Crippen LogP contribution < -0.4 is 10.1 Å². The second-order valence-corrected chi connectivity index (χ2v) is 5.83. The molecule has 3 nitrogen and oxygen atoms in total. The van der Waals surface area contributed by atoms with E-state index in [0.29, 0.717) is 12.1 Å². The predicted molar refractivity (Wildman–Crippen MR) is 85.8 cm³/mol. The molecule has 0 aromatic heterocycles. The number of methoxy groups -OCH3 is 1. The van der Waals surface area contributed by atoms with Gasteiger partial charge >= 0.3 is 0 Å². The van der Waals surface area contributed by atoms with Crippen LogP contribution in [0.25, 0.3) is 10.8 Å². The van der Waals surface area contributed by atoms with Gasteiger partial charge in [0.1, 0.15) is 5.75 Å². The van der Waals surface area contributed by atoms with Crippen LogP contribution in [0.15, 0.2) is 36.4 Å². The van der Waals surface area contributed by atoms with Gasteiger partial charge in [-0.15, -0.1) is 0 Å². The van der Waals surface area contributed by atoms with Crippen LogP contribution in [0.1, 0.15) is 25.3 Å². The van der Waals surface area contributed by atoms with Gasteiger partial charge in [-0.25, -0.2) is 0 Å². The van der Waals surface area contributed by atoms with Gasteiger partial charge in [-0.2, -0.15) is 0 Å². The molecule has 3 rings (SSSR count). The highest BCUT2D eigenvalue weighted by atomic mass is 16.5. The van der Waals surface area contributed by atoms with Gasteiger partial charge in [-0.05, 0) is 54.3 Å². The maximum Gasteiger partial charge on any atom is 0.119 e. The largest absolute Gasteiger partial charge is 0.497 e. The number of fused-ring (bicyclic) bond motifs is 1. The van der Waals surface area contributed by atoms with E-state index in [1.807, 2.05) is 6.07 Å². The van der Waals surface area contributed by atoms with Crippen molar-refractivity contribution in [3.05, 3.63) is 42.0 Å². The van der Waals surface area contributed by atoms with E-state index in [0.717, 1.165) is 31.7 Å². The highest BCUT2D eigenvalue weighted by Gasteiger charge is 2.18. The van der Waals surface area contributed by atoms with Crippen LogP contribution >= 0.6 is 0 Å². The van der Waals surface area contributed by atoms with Crippen LogP contribution in [0.4, 0.5) is 0 Å². The summed E-state index contributed by atoms with van der Waals surface area (Å²) in [5.74, 6) is 0.907. The lowest BCUT2D eigenvalue weighted by Crippen LogP contribution is -2.37. The van der Waals surface area contributed by atoms with E-state index >= 15 is 0 Å². The molecule has 2 unspecified atom stereocenters. The fraction of sp³-hybridized carbons (Fsp3) is 0.444. The second kappa shape index (κ2) is 6.46. The highest BCUT2D eigenvalue weighted by Crippen LogP contribution is 2.22. The summed E-state index contributed by atoms with van der Waals surface area (Å²) in [5, 5.41) is 6.13. The van der Waals surface area contributed by atoms with Crippen molar-refractivity contribution >= 4 is 10.8 Å². The lowest BCUT2D eigenvalue weighted by molar-refractivity contribution is 0.0130. The zero-order valence-corrected chi connectivity index (χ0v) is 12.8. The molecule has 1 N–H and O–H groups in total. The van der Waals surface area contributed by atoms with E-state index in [4.69, 9.17) is 9.47 Å². The zero-order valence-electron chi connectivity index (χ0n) is 12.8. The van der Waals surface area contributed by atoms with Crippen molar-refractivity contribution in [2.24, 2.45) is 0 Å². The van der Waals surface area contributed by atoms with E-state index < -0.39 is 0 Å². The molecule has 2 aromatic carbocycles. The van der Waals surface area contributed by atoms with Gasteiger partial charge in [0.15, 0.2) is 0 Å². The Morgan fingerprint density at radius 3 is 2.81 bits per heavy atom. The van der Waals surface area contributed by atoms with Crippen LogP contribution in [0.2, 0.25) is 0 Å². The molecule has 0 bridgehead atoms. The summed E-state index contributed by atoms with van der Waals surface area (Å²) < 4.78 is 10.9. The van der Waals surface area contributed by atoms with Gasteiger partial charge in [-0.3, -0.25) is 0 Å². The highest BCUT2D eigenvalue weighted by molar-refractivity contribution is 5.84. The quantitative estimate of drug-likeness (QED) is 0.932. The Morgan fingerprint density at radius 1 is 1.19 bits per heavy atom. The number of hydrogen-bond donors (Lipinski definition) is 1. The number of ether oxygens (including phenoxy) is 2. The first kappa shape index (κ1) is 14.4. The molecule has 2 aromatic rings. The molecular weight excluding hydrogens is 262 g/mol. The van der Waals surface area contributed by atoms with Gasteiger partial charge in [0.25, 0.3) is 0 Å². The van der Waals surface area contributed by atoms with Crippen molar-refractivity contribution < 1.29 is 9.47 Å². The maximum atomic E-state index is 5.59. The summed E-state index contributed by atoms with van der Waals surface area (Å²) >= 11 is 0. The second-order valence-electron chi connectivity index (χ2n) is 5.83. The fourth-order valence-corrected chi connectivity index (χ4v) is 2.96. The van der Waals surface area contributed by atoms with E-state index in [9.17, 15) is 0 Å². The summed E-state index contributed by atoms with van der Waals surface area (Å²) in [7, 11) is 1.70. The average Bonchev–Trinajstić information content (AvgIpc) is 2.52. The molecule has 1 aliphatic heterocycles. The Balaban J connectivity index is 1.67. The molecule has 0 saturated carbocycles. The Kier molecular flexibility index (Phi) is 4.42. The average molecular weight is 285 g/mol. The third-order valence-electron chi connectivity index (χ3n) is 4.19. The molecule has 1 fully saturated rings. The predicted octanol–water partition coefficient (Wildman–Crippen LogP) is 3.51. The SMILES string of the molecule is COc1ccc2cc(CNC3CCOC(C)C3)ccc2c1. The van der Waals surface area contributed by atoms with Crippen LogP contribution in [0, 0.1) is 0 Å². The van der Waals surface area contributed by atoms with E-state index in [1.165, 1.54) is 16.3 Å². The molecule has 0 spiro atoms. The third kappa shape index (κ3) is 3.55. The fourth-order valence-electron chi connectivity index (χ4n) is 2.96. The molecule has 1 aliphatic rings. The zero-order chi connectivity index (χ0) is 14.7. The van der Waals surface area contributed by atoms with Gasteiger partial charge in [0.05, 0.1) is 13.2 Å².